The van der Waals surface area contributed by atoms with Gasteiger partial charge in [-0.2, -0.15) is 0 Å². The molecule has 0 heterocycles. The minimum absolute atomic E-state index is 0.168. The van der Waals surface area contributed by atoms with Gasteiger partial charge in [0.2, 0.25) is 5.91 Å². The maximum atomic E-state index is 11.9. The van der Waals surface area contributed by atoms with Crippen LogP contribution in [0.1, 0.15) is 49.5 Å². The number of hydrogen-bond acceptors (Lipinski definition) is 3. The Morgan fingerprint density at radius 1 is 1.04 bits per heavy atom. The summed E-state index contributed by atoms with van der Waals surface area (Å²) in [4.78, 5) is 27.1. The second-order valence-electron chi connectivity index (χ2n) is 6.10. The summed E-state index contributed by atoms with van der Waals surface area (Å²) in [5.41, 5.74) is 6.50. The lowest BCUT2D eigenvalue weighted by atomic mass is 10.0. The van der Waals surface area contributed by atoms with Crippen LogP contribution >= 0.6 is 0 Å². The minimum Gasteiger partial charge on any atom is -0.368 e. The molecule has 26 heavy (non-hydrogen) atoms. The number of guanidine groups is 1. The maximum absolute atomic E-state index is 11.9. The van der Waals surface area contributed by atoms with Gasteiger partial charge < -0.3 is 21.7 Å². The summed E-state index contributed by atoms with van der Waals surface area (Å²) in [6.45, 7) is 8.47. The smallest absolute Gasteiger partial charge is 0.251 e. The number of amides is 2. The van der Waals surface area contributed by atoms with Gasteiger partial charge in [0.1, 0.15) is 0 Å². The van der Waals surface area contributed by atoms with E-state index in [1.54, 1.807) is 12.1 Å². The molecule has 0 unspecified atom stereocenters. The molecule has 0 aliphatic rings. The Morgan fingerprint density at radius 2 is 1.69 bits per heavy atom. The number of benzene rings is 1. The van der Waals surface area contributed by atoms with Crippen molar-refractivity contribution in [2.45, 2.75) is 40.2 Å². The van der Waals surface area contributed by atoms with Crippen LogP contribution in [0.5, 0.6) is 0 Å². The minimum atomic E-state index is -0.568. The molecule has 0 saturated carbocycles. The van der Waals surface area contributed by atoms with Crippen molar-refractivity contribution in [3.63, 3.8) is 0 Å². The Bertz CT molecular complexity index is 594. The highest BCUT2D eigenvalue weighted by molar-refractivity contribution is 5.96. The normalized spacial score (nSPS) is 11.3. The van der Waals surface area contributed by atoms with E-state index in [1.807, 2.05) is 19.1 Å². The maximum Gasteiger partial charge on any atom is 0.251 e. The Labute approximate surface area is 155 Å². The van der Waals surface area contributed by atoms with Gasteiger partial charge in [-0.1, -0.05) is 38.8 Å². The molecular formula is C19H31N5O2. The monoisotopic (exact) mass is 361 g/mol. The number of nitrogens with zero attached hydrogens (tertiary/aromatic N) is 1. The summed E-state index contributed by atoms with van der Waals surface area (Å²) in [6, 6.07) is 7.14. The summed E-state index contributed by atoms with van der Waals surface area (Å²) in [6.07, 6.45) is 2.28. The van der Waals surface area contributed by atoms with Gasteiger partial charge in [0.05, 0.1) is 13.1 Å². The largest absolute Gasteiger partial charge is 0.368 e. The van der Waals surface area contributed by atoms with E-state index in [0.717, 1.165) is 37.5 Å². The zero-order chi connectivity index (χ0) is 19.4. The van der Waals surface area contributed by atoms with Crippen molar-refractivity contribution >= 4 is 17.8 Å². The van der Waals surface area contributed by atoms with Crippen LogP contribution < -0.4 is 21.7 Å². The number of aliphatic imine (C=N–C) groups is 1. The molecule has 0 aliphatic carbocycles. The molecule has 5 N–H and O–H groups in total. The number of carbonyl (C=O) groups is 2. The first-order chi connectivity index (χ1) is 12.5. The van der Waals surface area contributed by atoms with Crippen LogP contribution in [0.15, 0.2) is 29.3 Å². The van der Waals surface area contributed by atoms with E-state index < -0.39 is 5.91 Å². The molecule has 0 aromatic heterocycles. The quantitative estimate of drug-likeness (QED) is 0.373. The lowest BCUT2D eigenvalue weighted by molar-refractivity contribution is -0.117. The molecule has 1 aromatic rings. The summed E-state index contributed by atoms with van der Waals surface area (Å²) in [5, 5.41) is 9.09. The van der Waals surface area contributed by atoms with Gasteiger partial charge >= 0.3 is 0 Å². The van der Waals surface area contributed by atoms with Crippen molar-refractivity contribution in [3.8, 4) is 0 Å². The molecule has 7 heteroatoms. The van der Waals surface area contributed by atoms with Crippen LogP contribution in [0, 0.1) is 5.92 Å². The van der Waals surface area contributed by atoms with Crippen LogP contribution in [0.4, 0.5) is 0 Å². The number of nitrogens with one attached hydrogen (secondary N) is 3. The standard InChI is InChI=1S/C19H31N5O2/c1-4-14(5-2)11-23-19(21-6-3)24-12-15-7-9-16(10-8-15)18(26)22-13-17(20)25/h7-10,14H,4-6,11-13H2,1-3H3,(H2,20,25)(H,22,26)(H2,21,23,24). The molecule has 1 rings (SSSR count). The Kier molecular flexibility index (Phi) is 9.82. The highest BCUT2D eigenvalue weighted by Gasteiger charge is 2.07. The van der Waals surface area contributed by atoms with E-state index >= 15 is 0 Å². The molecule has 0 aliphatic heterocycles. The third-order valence-electron chi connectivity index (χ3n) is 4.12. The fraction of sp³-hybridized carbons (Fsp3) is 0.526. The van der Waals surface area contributed by atoms with Crippen LogP contribution in [-0.2, 0) is 11.3 Å². The van der Waals surface area contributed by atoms with Gasteiger partial charge in [-0.15, -0.1) is 0 Å². The van der Waals surface area contributed by atoms with Gasteiger partial charge in [-0.05, 0) is 30.5 Å². The van der Waals surface area contributed by atoms with Crippen molar-refractivity contribution in [2.24, 2.45) is 16.6 Å². The summed E-state index contributed by atoms with van der Waals surface area (Å²) in [7, 11) is 0. The van der Waals surface area contributed by atoms with E-state index in [-0.39, 0.29) is 12.5 Å². The molecule has 0 fully saturated rings. The number of hydrogen-bond donors (Lipinski definition) is 4. The van der Waals surface area contributed by atoms with E-state index in [0.29, 0.717) is 18.0 Å². The Balaban J connectivity index is 2.63. The number of nitrogens with two attached hydrogens (primary N) is 1. The number of rotatable bonds is 10. The summed E-state index contributed by atoms with van der Waals surface area (Å²) < 4.78 is 0. The molecule has 144 valence electrons. The highest BCUT2D eigenvalue weighted by Crippen LogP contribution is 2.07. The number of primary amides is 1. The topological polar surface area (TPSA) is 109 Å². The lowest BCUT2D eigenvalue weighted by Crippen LogP contribution is -2.39. The zero-order valence-corrected chi connectivity index (χ0v) is 16.0. The molecule has 2 amide bonds. The molecule has 0 saturated heterocycles. The molecule has 7 nitrogen and oxygen atoms in total. The molecule has 0 bridgehead atoms. The molecular weight excluding hydrogens is 330 g/mol. The molecule has 0 radical (unpaired) electrons. The summed E-state index contributed by atoms with van der Waals surface area (Å²) >= 11 is 0. The van der Waals surface area contributed by atoms with Crippen LogP contribution in [-0.4, -0.2) is 37.4 Å². The van der Waals surface area contributed by atoms with Gasteiger partial charge in [-0.25, -0.2) is 4.99 Å². The average Bonchev–Trinajstić information content (AvgIpc) is 2.65. The number of carbonyl (C=O) groups excluding carboxylic acids is 2. The van der Waals surface area contributed by atoms with E-state index in [1.165, 1.54) is 0 Å². The third-order valence-corrected chi connectivity index (χ3v) is 4.12. The highest BCUT2D eigenvalue weighted by atomic mass is 16.2. The van der Waals surface area contributed by atoms with Gasteiger partial charge in [0.25, 0.3) is 5.91 Å². The lowest BCUT2D eigenvalue weighted by Gasteiger charge is -2.16. The third kappa shape index (κ3) is 8.00. The van der Waals surface area contributed by atoms with Gasteiger partial charge in [0.15, 0.2) is 5.96 Å². The predicted molar refractivity (Wildman–Crippen MR) is 105 cm³/mol. The zero-order valence-electron chi connectivity index (χ0n) is 16.0. The van der Waals surface area contributed by atoms with E-state index in [9.17, 15) is 9.59 Å². The molecule has 1 aromatic carbocycles. The van der Waals surface area contributed by atoms with Crippen molar-refractivity contribution in [3.05, 3.63) is 35.4 Å². The predicted octanol–water partition coefficient (Wildman–Crippen LogP) is 1.39. The van der Waals surface area contributed by atoms with E-state index in [4.69, 9.17) is 5.73 Å². The van der Waals surface area contributed by atoms with Crippen molar-refractivity contribution < 1.29 is 9.59 Å². The first-order valence-electron chi connectivity index (χ1n) is 9.17. The molecule has 0 spiro atoms. The fourth-order valence-corrected chi connectivity index (χ4v) is 2.36. The second-order valence-corrected chi connectivity index (χ2v) is 6.10. The average molecular weight is 361 g/mol. The Hall–Kier alpha value is -2.57. The van der Waals surface area contributed by atoms with Gasteiger partial charge in [0, 0.05) is 18.7 Å². The van der Waals surface area contributed by atoms with Gasteiger partial charge in [-0.3, -0.25) is 9.59 Å². The first kappa shape index (κ1) is 21.5. The van der Waals surface area contributed by atoms with Crippen molar-refractivity contribution in [1.29, 1.82) is 0 Å². The molecule has 0 atom stereocenters. The first-order valence-corrected chi connectivity index (χ1v) is 9.17. The summed E-state index contributed by atoms with van der Waals surface area (Å²) in [5.74, 6) is 0.542. The van der Waals surface area contributed by atoms with Crippen LogP contribution in [0.3, 0.4) is 0 Å². The second kappa shape index (κ2) is 11.9. The van der Waals surface area contributed by atoms with E-state index in [2.05, 4.69) is 34.8 Å². The van der Waals surface area contributed by atoms with Crippen molar-refractivity contribution in [1.82, 2.24) is 16.0 Å². The fourth-order valence-electron chi connectivity index (χ4n) is 2.36. The Morgan fingerprint density at radius 3 is 2.23 bits per heavy atom. The van der Waals surface area contributed by atoms with Crippen LogP contribution in [0.25, 0.3) is 0 Å². The van der Waals surface area contributed by atoms with Crippen LogP contribution in [0.2, 0.25) is 0 Å². The SMILES string of the molecule is CCNC(=NCc1ccc(C(=O)NCC(N)=O)cc1)NCC(CC)CC. The van der Waals surface area contributed by atoms with Crippen molar-refractivity contribution in [2.75, 3.05) is 19.6 Å².